The molecule has 2 aliphatic rings. The fraction of sp³-hybridized carbons (Fsp3) is 0.438. The van der Waals surface area contributed by atoms with Gasteiger partial charge in [-0.3, -0.25) is 0 Å². The van der Waals surface area contributed by atoms with Crippen molar-refractivity contribution in [2.24, 2.45) is 0 Å². The SMILES string of the molecule is CN1CCC(n2cc(C3=CC=CI(C)C=C3)[nH]c2=O)CC1. The molecule has 1 saturated heterocycles. The summed E-state index contributed by atoms with van der Waals surface area (Å²) in [5.41, 5.74) is 2.07. The molecule has 114 valence electrons. The van der Waals surface area contributed by atoms with Crippen molar-refractivity contribution in [2.75, 3.05) is 25.1 Å². The molecular formula is C16H22IN3O. The van der Waals surface area contributed by atoms with Crippen LogP contribution in [0.1, 0.15) is 24.6 Å². The average Bonchev–Trinajstić information content (AvgIpc) is 2.71. The Morgan fingerprint density at radius 3 is 2.81 bits per heavy atom. The summed E-state index contributed by atoms with van der Waals surface area (Å²) in [6.45, 7) is 2.12. The predicted molar refractivity (Wildman–Crippen MR) is 97.0 cm³/mol. The van der Waals surface area contributed by atoms with Crippen LogP contribution in [-0.2, 0) is 0 Å². The quantitative estimate of drug-likeness (QED) is 0.614. The van der Waals surface area contributed by atoms with Gasteiger partial charge in [0.2, 0.25) is 0 Å². The van der Waals surface area contributed by atoms with Crippen LogP contribution in [-0.4, -0.2) is 39.5 Å². The average molecular weight is 399 g/mol. The summed E-state index contributed by atoms with van der Waals surface area (Å²) < 4.78 is 6.51. The number of nitrogens with one attached hydrogen (secondary N) is 1. The molecule has 21 heavy (non-hydrogen) atoms. The molecule has 3 rings (SSSR count). The molecule has 1 N–H and O–H groups in total. The van der Waals surface area contributed by atoms with Gasteiger partial charge in [0.25, 0.3) is 0 Å². The van der Waals surface area contributed by atoms with Crippen molar-refractivity contribution in [3.05, 3.63) is 48.8 Å². The molecule has 0 atom stereocenters. The van der Waals surface area contributed by atoms with E-state index in [2.05, 4.69) is 48.3 Å². The molecule has 5 heteroatoms. The van der Waals surface area contributed by atoms with E-state index in [1.54, 1.807) is 0 Å². The van der Waals surface area contributed by atoms with Gasteiger partial charge in [0, 0.05) is 0 Å². The Morgan fingerprint density at radius 1 is 1.29 bits per heavy atom. The molecule has 0 radical (unpaired) electrons. The van der Waals surface area contributed by atoms with Gasteiger partial charge in [-0.05, 0) is 0 Å². The normalized spacial score (nSPS) is 22.4. The van der Waals surface area contributed by atoms with Gasteiger partial charge in [0.05, 0.1) is 0 Å². The van der Waals surface area contributed by atoms with Crippen molar-refractivity contribution >= 4 is 25.4 Å². The van der Waals surface area contributed by atoms with E-state index in [-0.39, 0.29) is 5.69 Å². The molecule has 0 aromatic carbocycles. The molecular weight excluding hydrogens is 377 g/mol. The molecule has 0 amide bonds. The fourth-order valence-electron chi connectivity index (χ4n) is 2.80. The third kappa shape index (κ3) is 3.40. The van der Waals surface area contributed by atoms with E-state index < -0.39 is 19.8 Å². The Balaban J connectivity index is 1.85. The molecule has 0 aliphatic carbocycles. The second kappa shape index (κ2) is 6.36. The van der Waals surface area contributed by atoms with E-state index in [0.717, 1.165) is 37.2 Å². The molecule has 4 nitrogen and oxygen atoms in total. The Hall–Kier alpha value is -1.08. The summed E-state index contributed by atoms with van der Waals surface area (Å²) in [6, 6.07) is 0.332. The zero-order valence-electron chi connectivity index (χ0n) is 12.6. The maximum absolute atomic E-state index is 12.2. The number of imidazole rings is 1. The maximum atomic E-state index is 12.2. The van der Waals surface area contributed by atoms with Crippen LogP contribution in [0.4, 0.5) is 0 Å². The second-order valence-electron chi connectivity index (χ2n) is 5.71. The van der Waals surface area contributed by atoms with Crippen molar-refractivity contribution in [3.8, 4) is 0 Å². The minimum atomic E-state index is -1.02. The van der Waals surface area contributed by atoms with Crippen LogP contribution >= 0.6 is 19.8 Å². The summed E-state index contributed by atoms with van der Waals surface area (Å²) in [6.07, 6.45) is 10.5. The first-order chi connectivity index (χ1) is 10.1. The second-order valence-corrected chi connectivity index (χ2v) is 10.4. The number of halogens is 1. The standard InChI is InChI=1S/C16H22IN3O/c1-17-8-3-4-13(5-9-17)15-12-20(16(21)18-15)14-6-10-19(2)11-7-14/h3-5,8-9,12,14H,6-7,10-11H2,1-2H3,(H,18,21). The van der Waals surface area contributed by atoms with Crippen LogP contribution in [0, 0.1) is 0 Å². The first-order valence-electron chi connectivity index (χ1n) is 7.27. The number of piperidine rings is 1. The molecule has 1 aromatic rings. The van der Waals surface area contributed by atoms with Crippen molar-refractivity contribution in [2.45, 2.75) is 18.9 Å². The minimum absolute atomic E-state index is 0.0222. The van der Waals surface area contributed by atoms with Crippen molar-refractivity contribution in [3.63, 3.8) is 0 Å². The summed E-state index contributed by atoms with van der Waals surface area (Å²) in [7, 11) is 2.14. The number of likely N-dealkylation sites (tertiary alicyclic amines) is 1. The number of nitrogens with zero attached hydrogens (tertiary/aromatic N) is 2. The van der Waals surface area contributed by atoms with Crippen LogP contribution in [0.15, 0.2) is 37.4 Å². The Labute approximate surface area is 132 Å². The van der Waals surface area contributed by atoms with Gasteiger partial charge in [-0.15, -0.1) is 0 Å². The first kappa shape index (κ1) is 14.8. The monoisotopic (exact) mass is 399 g/mol. The number of aromatic amines is 1. The fourth-order valence-corrected chi connectivity index (χ4v) is 4.86. The van der Waals surface area contributed by atoms with Crippen LogP contribution in [0.5, 0.6) is 0 Å². The van der Waals surface area contributed by atoms with Crippen molar-refractivity contribution < 1.29 is 0 Å². The first-order valence-corrected chi connectivity index (χ1v) is 11.9. The van der Waals surface area contributed by atoms with Gasteiger partial charge < -0.3 is 0 Å². The third-order valence-corrected chi connectivity index (χ3v) is 7.17. The topological polar surface area (TPSA) is 41.0 Å². The number of H-pyrrole nitrogens is 1. The van der Waals surface area contributed by atoms with Crippen LogP contribution in [0.2, 0.25) is 0 Å². The van der Waals surface area contributed by atoms with Crippen LogP contribution in [0.25, 0.3) is 5.57 Å². The van der Waals surface area contributed by atoms with Gasteiger partial charge in [-0.25, -0.2) is 0 Å². The number of allylic oxidation sites excluding steroid dienone is 4. The summed E-state index contributed by atoms with van der Waals surface area (Å²) in [5.74, 6) is 0. The number of rotatable bonds is 2. The number of hydrogen-bond donors (Lipinski definition) is 1. The van der Waals surface area contributed by atoms with E-state index in [1.165, 1.54) is 0 Å². The van der Waals surface area contributed by atoms with E-state index in [1.807, 2.05) is 10.8 Å². The van der Waals surface area contributed by atoms with Gasteiger partial charge in [-0.2, -0.15) is 0 Å². The van der Waals surface area contributed by atoms with E-state index in [9.17, 15) is 4.79 Å². The number of aromatic nitrogens is 2. The molecule has 1 aromatic heterocycles. The molecule has 3 heterocycles. The molecule has 0 bridgehead atoms. The predicted octanol–water partition coefficient (Wildman–Crippen LogP) is 3.00. The van der Waals surface area contributed by atoms with Crippen molar-refractivity contribution in [1.82, 2.24) is 14.5 Å². The Bertz CT molecular complexity index is 645. The zero-order chi connectivity index (χ0) is 14.8. The van der Waals surface area contributed by atoms with Crippen LogP contribution in [0.3, 0.4) is 0 Å². The molecule has 0 unspecified atom stereocenters. The van der Waals surface area contributed by atoms with Gasteiger partial charge in [0.15, 0.2) is 0 Å². The van der Waals surface area contributed by atoms with E-state index >= 15 is 0 Å². The van der Waals surface area contributed by atoms with Gasteiger partial charge in [-0.1, -0.05) is 0 Å². The Morgan fingerprint density at radius 2 is 2.05 bits per heavy atom. The van der Waals surface area contributed by atoms with Gasteiger partial charge >= 0.3 is 133 Å². The molecule has 1 fully saturated rings. The van der Waals surface area contributed by atoms with E-state index in [4.69, 9.17) is 0 Å². The summed E-state index contributed by atoms with van der Waals surface area (Å²) >= 11 is -1.02. The summed E-state index contributed by atoms with van der Waals surface area (Å²) in [5, 5.41) is 0. The van der Waals surface area contributed by atoms with Crippen LogP contribution < -0.4 is 5.69 Å². The molecule has 2 aliphatic heterocycles. The zero-order valence-corrected chi connectivity index (χ0v) is 14.7. The van der Waals surface area contributed by atoms with Crippen molar-refractivity contribution in [1.29, 1.82) is 0 Å². The number of hydrogen-bond acceptors (Lipinski definition) is 2. The molecule has 0 saturated carbocycles. The number of alkyl halides is 1. The third-order valence-electron chi connectivity index (χ3n) is 4.13. The molecule has 0 spiro atoms. The Kier molecular flexibility index (Phi) is 4.49. The van der Waals surface area contributed by atoms with Gasteiger partial charge in [0.1, 0.15) is 0 Å². The van der Waals surface area contributed by atoms with E-state index in [0.29, 0.717) is 6.04 Å². The summed E-state index contributed by atoms with van der Waals surface area (Å²) in [4.78, 5) is 19.9.